The summed E-state index contributed by atoms with van der Waals surface area (Å²) < 4.78 is 13.6. The van der Waals surface area contributed by atoms with E-state index in [0.29, 0.717) is 21.5 Å². The zero-order valence-corrected chi connectivity index (χ0v) is 11.7. The first-order chi connectivity index (χ1) is 8.58. The normalized spacial score (nSPS) is 12.4. The van der Waals surface area contributed by atoms with Gasteiger partial charge in [0.15, 0.2) is 0 Å². The third-order valence-corrected chi connectivity index (χ3v) is 3.78. The monoisotopic (exact) mass is 328 g/mol. The highest BCUT2D eigenvalue weighted by Crippen LogP contribution is 2.28. The van der Waals surface area contributed by atoms with Crippen molar-refractivity contribution in [1.82, 2.24) is 0 Å². The van der Waals surface area contributed by atoms with Crippen LogP contribution in [0.15, 0.2) is 46.9 Å². The van der Waals surface area contributed by atoms with E-state index in [0.717, 1.165) is 5.56 Å². The second-order valence-corrected chi connectivity index (χ2v) is 5.24. The van der Waals surface area contributed by atoms with Crippen LogP contribution in [-0.4, -0.2) is 5.11 Å². The molecular weight excluding hydrogens is 319 g/mol. The van der Waals surface area contributed by atoms with Crippen LogP contribution in [0.2, 0.25) is 5.02 Å². The number of aliphatic hydroxyl groups is 1. The fourth-order valence-corrected chi connectivity index (χ4v) is 2.53. The Morgan fingerprint density at radius 1 is 1.22 bits per heavy atom. The summed E-state index contributed by atoms with van der Waals surface area (Å²) >= 11 is 9.30. The van der Waals surface area contributed by atoms with E-state index in [4.69, 9.17) is 11.6 Å². The molecule has 0 aromatic heterocycles. The van der Waals surface area contributed by atoms with Crippen molar-refractivity contribution in [2.75, 3.05) is 0 Å². The van der Waals surface area contributed by atoms with Crippen LogP contribution in [0.5, 0.6) is 0 Å². The first kappa shape index (κ1) is 13.5. The Labute approximate surface area is 118 Å². The van der Waals surface area contributed by atoms with E-state index in [1.165, 1.54) is 12.1 Å². The minimum Gasteiger partial charge on any atom is -0.388 e. The van der Waals surface area contributed by atoms with Crippen molar-refractivity contribution >= 4 is 27.5 Å². The van der Waals surface area contributed by atoms with Gasteiger partial charge in [-0.05, 0) is 29.3 Å². The van der Waals surface area contributed by atoms with E-state index in [1.807, 2.05) is 12.1 Å². The van der Waals surface area contributed by atoms with Gasteiger partial charge in [0, 0.05) is 15.9 Å². The summed E-state index contributed by atoms with van der Waals surface area (Å²) in [6.07, 6.45) is -0.328. The largest absolute Gasteiger partial charge is 0.388 e. The highest BCUT2D eigenvalue weighted by atomic mass is 79.9. The van der Waals surface area contributed by atoms with Gasteiger partial charge in [0.25, 0.3) is 0 Å². The molecule has 1 unspecified atom stereocenters. The van der Waals surface area contributed by atoms with Gasteiger partial charge >= 0.3 is 0 Å². The highest BCUT2D eigenvalue weighted by Gasteiger charge is 2.13. The third kappa shape index (κ3) is 3.10. The molecule has 4 heteroatoms. The molecule has 0 aliphatic carbocycles. The van der Waals surface area contributed by atoms with E-state index >= 15 is 0 Å². The van der Waals surface area contributed by atoms with Crippen molar-refractivity contribution in [3.05, 3.63) is 68.9 Å². The highest BCUT2D eigenvalue weighted by molar-refractivity contribution is 9.10. The maximum atomic E-state index is 13.0. The van der Waals surface area contributed by atoms with E-state index in [1.54, 1.807) is 18.2 Å². The average Bonchev–Trinajstić information content (AvgIpc) is 2.33. The predicted molar refractivity (Wildman–Crippen MR) is 74.2 cm³/mol. The zero-order chi connectivity index (χ0) is 13.1. The van der Waals surface area contributed by atoms with Crippen molar-refractivity contribution < 1.29 is 9.50 Å². The smallest absolute Gasteiger partial charge is 0.124 e. The Bertz CT molecular complexity index is 559. The molecule has 0 aliphatic rings. The summed E-state index contributed by atoms with van der Waals surface area (Å²) in [6, 6.07) is 11.6. The zero-order valence-electron chi connectivity index (χ0n) is 9.41. The first-order valence-electron chi connectivity index (χ1n) is 5.44. The van der Waals surface area contributed by atoms with Crippen molar-refractivity contribution in [2.24, 2.45) is 0 Å². The molecule has 18 heavy (non-hydrogen) atoms. The fraction of sp³-hybridized carbons (Fsp3) is 0.143. The van der Waals surface area contributed by atoms with Gasteiger partial charge in [0.05, 0.1) is 6.10 Å². The summed E-state index contributed by atoms with van der Waals surface area (Å²) in [5.41, 5.74) is 1.51. The lowest BCUT2D eigenvalue weighted by atomic mass is 10.0. The summed E-state index contributed by atoms with van der Waals surface area (Å²) in [5.74, 6) is -0.308. The molecule has 2 aromatic carbocycles. The molecule has 1 N–H and O–H groups in total. The van der Waals surface area contributed by atoms with Gasteiger partial charge in [-0.2, -0.15) is 0 Å². The lowest BCUT2D eigenvalue weighted by Crippen LogP contribution is -2.03. The van der Waals surface area contributed by atoms with Gasteiger partial charge in [0.2, 0.25) is 0 Å². The number of aliphatic hydroxyl groups excluding tert-OH is 1. The minimum atomic E-state index is -0.708. The minimum absolute atomic E-state index is 0.308. The molecule has 94 valence electrons. The number of hydrogen-bond acceptors (Lipinski definition) is 1. The van der Waals surface area contributed by atoms with Crippen LogP contribution in [0.25, 0.3) is 0 Å². The molecule has 2 aromatic rings. The number of rotatable bonds is 3. The van der Waals surface area contributed by atoms with E-state index < -0.39 is 6.10 Å². The van der Waals surface area contributed by atoms with Crippen molar-refractivity contribution in [3.8, 4) is 0 Å². The maximum absolute atomic E-state index is 13.0. The van der Waals surface area contributed by atoms with Crippen molar-refractivity contribution in [3.63, 3.8) is 0 Å². The molecule has 0 saturated heterocycles. The lowest BCUT2D eigenvalue weighted by molar-refractivity contribution is 0.178. The van der Waals surface area contributed by atoms with Gasteiger partial charge in [-0.25, -0.2) is 4.39 Å². The number of benzene rings is 2. The molecule has 0 fully saturated rings. The second kappa shape index (κ2) is 5.83. The maximum Gasteiger partial charge on any atom is 0.124 e. The molecular formula is C14H11BrClFO. The third-order valence-electron chi connectivity index (χ3n) is 2.69. The molecule has 0 spiro atoms. The van der Waals surface area contributed by atoms with Crippen LogP contribution in [-0.2, 0) is 6.42 Å². The quantitative estimate of drug-likeness (QED) is 0.878. The van der Waals surface area contributed by atoms with Crippen LogP contribution < -0.4 is 0 Å². The van der Waals surface area contributed by atoms with Crippen LogP contribution >= 0.6 is 27.5 Å². The summed E-state index contributed by atoms with van der Waals surface area (Å²) in [5, 5.41) is 10.7. The van der Waals surface area contributed by atoms with Crippen molar-refractivity contribution in [2.45, 2.75) is 12.5 Å². The Kier molecular flexibility index (Phi) is 4.38. The Morgan fingerprint density at radius 2 is 1.94 bits per heavy atom. The Morgan fingerprint density at radius 3 is 2.61 bits per heavy atom. The summed E-state index contributed by atoms with van der Waals surface area (Å²) in [6.45, 7) is 0. The molecule has 0 bridgehead atoms. The molecule has 0 saturated carbocycles. The van der Waals surface area contributed by atoms with E-state index in [2.05, 4.69) is 15.9 Å². The van der Waals surface area contributed by atoms with Gasteiger partial charge in [-0.15, -0.1) is 0 Å². The van der Waals surface area contributed by atoms with Gasteiger partial charge in [0.1, 0.15) is 5.82 Å². The lowest BCUT2D eigenvalue weighted by Gasteiger charge is -2.13. The van der Waals surface area contributed by atoms with Crippen LogP contribution in [0.4, 0.5) is 4.39 Å². The van der Waals surface area contributed by atoms with Crippen LogP contribution in [0.1, 0.15) is 17.2 Å². The molecule has 1 nitrogen and oxygen atoms in total. The van der Waals surface area contributed by atoms with Crippen LogP contribution in [0, 0.1) is 5.82 Å². The van der Waals surface area contributed by atoms with Crippen LogP contribution in [0.3, 0.4) is 0 Å². The number of hydrogen-bond donors (Lipinski definition) is 1. The summed E-state index contributed by atoms with van der Waals surface area (Å²) in [7, 11) is 0. The number of halogens is 3. The molecule has 0 amide bonds. The standard InChI is InChI=1S/C14H11BrClFO/c15-12-8-10(17)6-5-9(12)7-14(18)11-3-1-2-4-13(11)16/h1-6,8,14,18H,7H2. The van der Waals surface area contributed by atoms with Gasteiger partial charge < -0.3 is 5.11 Å². The fourth-order valence-electron chi connectivity index (χ4n) is 1.75. The molecule has 0 heterocycles. The first-order valence-corrected chi connectivity index (χ1v) is 6.61. The van der Waals surface area contributed by atoms with Gasteiger partial charge in [-0.1, -0.05) is 51.8 Å². The van der Waals surface area contributed by atoms with E-state index in [-0.39, 0.29) is 5.82 Å². The van der Waals surface area contributed by atoms with Crippen molar-refractivity contribution in [1.29, 1.82) is 0 Å². The predicted octanol–water partition coefficient (Wildman–Crippen LogP) is 4.52. The molecule has 0 radical (unpaired) electrons. The van der Waals surface area contributed by atoms with E-state index in [9.17, 15) is 9.50 Å². The Hall–Kier alpha value is -0.900. The topological polar surface area (TPSA) is 20.2 Å². The molecule has 0 aliphatic heterocycles. The van der Waals surface area contributed by atoms with Gasteiger partial charge in [-0.3, -0.25) is 0 Å². The molecule has 1 atom stereocenters. The second-order valence-electron chi connectivity index (χ2n) is 3.98. The SMILES string of the molecule is OC(Cc1ccc(F)cc1Br)c1ccccc1Cl. The average molecular weight is 330 g/mol. The summed E-state index contributed by atoms with van der Waals surface area (Å²) in [4.78, 5) is 0. The Balaban J connectivity index is 2.21. The molecule has 2 rings (SSSR count).